The molecule has 0 aliphatic heterocycles. The van der Waals surface area contributed by atoms with Crippen LogP contribution in [0.3, 0.4) is 0 Å². The summed E-state index contributed by atoms with van der Waals surface area (Å²) in [5, 5.41) is 14.0. The molecule has 5 nitrogen and oxygen atoms in total. The molecular weight excluding hydrogens is 350 g/mol. The summed E-state index contributed by atoms with van der Waals surface area (Å²) in [5.74, 6) is 0.814. The number of hydrogen-bond acceptors (Lipinski definition) is 3. The zero-order valence-corrected chi connectivity index (χ0v) is 16.3. The Morgan fingerprint density at radius 2 is 1.86 bits per heavy atom. The number of aromatic nitrogens is 3. The Bertz CT molecular complexity index is 972. The lowest BCUT2D eigenvalue weighted by atomic mass is 9.99. The van der Waals surface area contributed by atoms with Gasteiger partial charge >= 0.3 is 5.97 Å². The van der Waals surface area contributed by atoms with Crippen LogP contribution < -0.4 is 0 Å². The first kappa shape index (κ1) is 19.5. The minimum Gasteiger partial charge on any atom is -0.478 e. The highest BCUT2D eigenvalue weighted by atomic mass is 16.4. The van der Waals surface area contributed by atoms with Crippen molar-refractivity contribution in [2.24, 2.45) is 0 Å². The van der Waals surface area contributed by atoms with Crippen molar-refractivity contribution in [3.63, 3.8) is 0 Å². The number of hydrogen-bond donors (Lipinski definition) is 1. The molecular formula is C23H25N3O2. The average Bonchev–Trinajstić information content (AvgIpc) is 3.08. The van der Waals surface area contributed by atoms with E-state index in [4.69, 9.17) is 0 Å². The maximum Gasteiger partial charge on any atom is 0.336 e. The topological polar surface area (TPSA) is 68.0 Å². The van der Waals surface area contributed by atoms with Crippen molar-refractivity contribution in [3.8, 4) is 11.1 Å². The second-order valence-electron chi connectivity index (χ2n) is 6.65. The fraction of sp³-hybridized carbons (Fsp3) is 0.261. The van der Waals surface area contributed by atoms with Crippen molar-refractivity contribution in [2.45, 2.75) is 39.7 Å². The number of aryl methyl sites for hydroxylation is 1. The van der Waals surface area contributed by atoms with E-state index in [2.05, 4.69) is 30.0 Å². The molecule has 0 radical (unpaired) electrons. The largest absolute Gasteiger partial charge is 0.478 e. The highest BCUT2D eigenvalue weighted by molar-refractivity contribution is 5.95. The molecule has 28 heavy (non-hydrogen) atoms. The Kier molecular flexibility index (Phi) is 6.37. The molecule has 0 fully saturated rings. The third-order valence-corrected chi connectivity index (χ3v) is 4.48. The number of aromatic carboxylic acids is 1. The Morgan fingerprint density at radius 1 is 1.11 bits per heavy atom. The van der Waals surface area contributed by atoms with Crippen molar-refractivity contribution >= 4 is 12.0 Å². The summed E-state index contributed by atoms with van der Waals surface area (Å²) in [7, 11) is 0. The van der Waals surface area contributed by atoms with Crippen molar-refractivity contribution in [1.82, 2.24) is 14.8 Å². The number of carboxylic acids is 1. The van der Waals surface area contributed by atoms with Crippen LogP contribution in [0.4, 0.5) is 0 Å². The van der Waals surface area contributed by atoms with Crippen LogP contribution in [-0.2, 0) is 13.0 Å². The summed E-state index contributed by atoms with van der Waals surface area (Å²) >= 11 is 0. The summed E-state index contributed by atoms with van der Waals surface area (Å²) in [6, 6.07) is 15.0. The van der Waals surface area contributed by atoms with Gasteiger partial charge in [0.25, 0.3) is 0 Å². The van der Waals surface area contributed by atoms with E-state index in [0.29, 0.717) is 12.1 Å². The van der Waals surface area contributed by atoms with Crippen molar-refractivity contribution in [3.05, 3.63) is 77.4 Å². The Labute approximate surface area is 165 Å². The van der Waals surface area contributed by atoms with Gasteiger partial charge < -0.3 is 5.11 Å². The minimum atomic E-state index is -0.918. The molecule has 0 saturated carbocycles. The van der Waals surface area contributed by atoms with Crippen molar-refractivity contribution < 1.29 is 9.90 Å². The molecule has 0 unspecified atom stereocenters. The normalized spacial score (nSPS) is 11.2. The van der Waals surface area contributed by atoms with E-state index in [9.17, 15) is 9.90 Å². The first-order valence-electron chi connectivity index (χ1n) is 9.64. The lowest BCUT2D eigenvalue weighted by molar-refractivity contribution is 0.0697. The lowest BCUT2D eigenvalue weighted by Crippen LogP contribution is -2.05. The first-order valence-corrected chi connectivity index (χ1v) is 9.64. The fourth-order valence-corrected chi connectivity index (χ4v) is 3.08. The molecule has 5 heteroatoms. The van der Waals surface area contributed by atoms with E-state index in [1.54, 1.807) is 12.1 Å². The standard InChI is InChI=1S/C23H25N3O2/c1-3-5-11-22-24-21(8-4-2)25-26(22)16-17-12-14-18(15-13-17)19-9-6-7-10-20(19)23(27)28/h5-7,9-15H,3-4,8,16H2,1-2H3,(H,27,28). The van der Waals surface area contributed by atoms with Crippen LogP contribution in [0.5, 0.6) is 0 Å². The molecule has 3 rings (SSSR count). The van der Waals surface area contributed by atoms with Crippen LogP contribution >= 0.6 is 0 Å². The molecule has 0 aliphatic rings. The Balaban J connectivity index is 1.85. The van der Waals surface area contributed by atoms with E-state index in [0.717, 1.165) is 47.6 Å². The van der Waals surface area contributed by atoms with Gasteiger partial charge in [-0.25, -0.2) is 14.5 Å². The summed E-state index contributed by atoms with van der Waals surface area (Å²) in [6.45, 7) is 4.84. The average molecular weight is 375 g/mol. The molecule has 0 amide bonds. The van der Waals surface area contributed by atoms with E-state index in [1.807, 2.05) is 47.2 Å². The lowest BCUT2D eigenvalue weighted by Gasteiger charge is -2.08. The van der Waals surface area contributed by atoms with Gasteiger partial charge in [0.15, 0.2) is 11.6 Å². The van der Waals surface area contributed by atoms with Crippen LogP contribution in [0.1, 0.15) is 54.3 Å². The van der Waals surface area contributed by atoms with Crippen molar-refractivity contribution in [1.29, 1.82) is 0 Å². The van der Waals surface area contributed by atoms with E-state index in [1.165, 1.54) is 0 Å². The predicted octanol–water partition coefficient (Wildman–Crippen LogP) is 5.07. The highest BCUT2D eigenvalue weighted by Crippen LogP contribution is 2.24. The monoisotopic (exact) mass is 375 g/mol. The van der Waals surface area contributed by atoms with Gasteiger partial charge in [-0.1, -0.05) is 62.4 Å². The van der Waals surface area contributed by atoms with Gasteiger partial charge in [0.2, 0.25) is 0 Å². The molecule has 1 aromatic heterocycles. The number of carbonyl (C=O) groups is 1. The number of carboxylic acid groups (broad SMARTS) is 1. The maximum atomic E-state index is 11.5. The third kappa shape index (κ3) is 4.55. The van der Waals surface area contributed by atoms with Gasteiger partial charge in [-0.15, -0.1) is 0 Å². The SMILES string of the molecule is CCC=Cc1nc(CCC)nn1Cc1ccc(-c2ccccc2C(=O)O)cc1. The Hall–Kier alpha value is -3.21. The molecule has 0 aliphatic carbocycles. The van der Waals surface area contributed by atoms with E-state index >= 15 is 0 Å². The van der Waals surface area contributed by atoms with Crippen LogP contribution in [0, 0.1) is 0 Å². The molecule has 0 atom stereocenters. The molecule has 3 aromatic rings. The molecule has 1 heterocycles. The minimum absolute atomic E-state index is 0.308. The van der Waals surface area contributed by atoms with Gasteiger partial charge in [-0.2, -0.15) is 5.10 Å². The number of allylic oxidation sites excluding steroid dienone is 1. The molecule has 2 aromatic carbocycles. The number of benzene rings is 2. The van der Waals surface area contributed by atoms with Gasteiger partial charge in [-0.05, 0) is 41.7 Å². The third-order valence-electron chi connectivity index (χ3n) is 4.48. The molecule has 144 valence electrons. The second-order valence-corrected chi connectivity index (χ2v) is 6.65. The summed E-state index contributed by atoms with van der Waals surface area (Å²) < 4.78 is 1.93. The van der Waals surface area contributed by atoms with Gasteiger partial charge in [0.05, 0.1) is 12.1 Å². The number of nitrogens with zero attached hydrogens (tertiary/aromatic N) is 3. The first-order chi connectivity index (χ1) is 13.6. The molecule has 0 spiro atoms. The molecule has 0 saturated heterocycles. The quantitative estimate of drug-likeness (QED) is 0.597. The predicted molar refractivity (Wildman–Crippen MR) is 111 cm³/mol. The fourth-order valence-electron chi connectivity index (χ4n) is 3.08. The van der Waals surface area contributed by atoms with Gasteiger partial charge in [0, 0.05) is 6.42 Å². The number of rotatable bonds is 8. The maximum absolute atomic E-state index is 11.5. The van der Waals surface area contributed by atoms with Crippen LogP contribution in [0.15, 0.2) is 54.6 Å². The zero-order chi connectivity index (χ0) is 19.9. The van der Waals surface area contributed by atoms with Crippen LogP contribution in [-0.4, -0.2) is 25.8 Å². The van der Waals surface area contributed by atoms with Crippen molar-refractivity contribution in [2.75, 3.05) is 0 Å². The second kappa shape index (κ2) is 9.13. The van der Waals surface area contributed by atoms with Crippen LogP contribution in [0.25, 0.3) is 17.2 Å². The Morgan fingerprint density at radius 3 is 2.54 bits per heavy atom. The van der Waals surface area contributed by atoms with E-state index in [-0.39, 0.29) is 0 Å². The molecule has 1 N–H and O–H groups in total. The highest BCUT2D eigenvalue weighted by Gasteiger charge is 2.11. The summed E-state index contributed by atoms with van der Waals surface area (Å²) in [5.41, 5.74) is 3.01. The molecule has 0 bridgehead atoms. The zero-order valence-electron chi connectivity index (χ0n) is 16.3. The summed E-state index contributed by atoms with van der Waals surface area (Å²) in [4.78, 5) is 16.1. The van der Waals surface area contributed by atoms with E-state index < -0.39 is 5.97 Å². The van der Waals surface area contributed by atoms with Gasteiger partial charge in [0.1, 0.15) is 0 Å². The van der Waals surface area contributed by atoms with Crippen LogP contribution in [0.2, 0.25) is 0 Å². The summed E-state index contributed by atoms with van der Waals surface area (Å²) in [6.07, 6.45) is 6.93. The van der Waals surface area contributed by atoms with Gasteiger partial charge in [-0.3, -0.25) is 0 Å². The smallest absolute Gasteiger partial charge is 0.336 e.